The molecule has 0 fully saturated rings. The number of carbonyl (C=O) groups excluding carboxylic acids is 2. The van der Waals surface area contributed by atoms with Crippen LogP contribution in [-0.4, -0.2) is 32.8 Å². The molecule has 1 heterocycles. The second-order valence-electron chi connectivity index (χ2n) is 8.26. The second-order valence-corrected chi connectivity index (χ2v) is 10.5. The van der Waals surface area contributed by atoms with Crippen LogP contribution in [0.1, 0.15) is 40.1 Å². The molecule has 0 radical (unpaired) electrons. The normalized spacial score (nSPS) is 13.0. The highest BCUT2D eigenvalue weighted by molar-refractivity contribution is 7.92. The zero-order valence-corrected chi connectivity index (χ0v) is 20.3. The van der Waals surface area contributed by atoms with Crippen LogP contribution in [0.15, 0.2) is 71.6 Å². The molecule has 0 atom stereocenters. The van der Waals surface area contributed by atoms with Crippen LogP contribution in [0.5, 0.6) is 0 Å². The van der Waals surface area contributed by atoms with E-state index in [-0.39, 0.29) is 33.1 Å². The maximum Gasteiger partial charge on any atom is 0.264 e. The molecule has 0 bridgehead atoms. The SMILES string of the molecule is CC(C)NC(=O)c1ccc(Cl)c(NC(=O)c2cccc(S(=O)(=O)N3CCc4ccccc43)c2)c1. The number of fused-ring (bicyclic) bond motifs is 1. The summed E-state index contributed by atoms with van der Waals surface area (Å²) in [5.41, 5.74) is 2.38. The molecule has 3 aromatic carbocycles. The number of hydrogen-bond acceptors (Lipinski definition) is 4. The van der Waals surface area contributed by atoms with E-state index in [9.17, 15) is 18.0 Å². The van der Waals surface area contributed by atoms with Crippen LogP contribution in [0.2, 0.25) is 5.02 Å². The first-order valence-corrected chi connectivity index (χ1v) is 12.6. The van der Waals surface area contributed by atoms with E-state index in [1.54, 1.807) is 18.2 Å². The second kappa shape index (κ2) is 9.48. The van der Waals surface area contributed by atoms with Crippen LogP contribution in [0, 0.1) is 0 Å². The van der Waals surface area contributed by atoms with Crippen molar-refractivity contribution < 1.29 is 18.0 Å². The van der Waals surface area contributed by atoms with Crippen LogP contribution in [0.4, 0.5) is 11.4 Å². The summed E-state index contributed by atoms with van der Waals surface area (Å²) < 4.78 is 28.0. The molecular weight excluding hydrogens is 474 g/mol. The smallest absolute Gasteiger partial charge is 0.264 e. The molecule has 1 aliphatic rings. The fraction of sp³-hybridized carbons (Fsp3) is 0.200. The summed E-state index contributed by atoms with van der Waals surface area (Å²) in [6, 6.07) is 17.8. The van der Waals surface area contributed by atoms with Crippen LogP contribution >= 0.6 is 11.6 Å². The van der Waals surface area contributed by atoms with Crippen LogP contribution in [0.3, 0.4) is 0 Å². The van der Waals surface area contributed by atoms with Gasteiger partial charge in [0.05, 0.1) is 21.3 Å². The first-order valence-electron chi connectivity index (χ1n) is 10.8. The third-order valence-corrected chi connectivity index (χ3v) is 7.56. The first-order chi connectivity index (χ1) is 16.2. The van der Waals surface area contributed by atoms with Gasteiger partial charge in [0.2, 0.25) is 0 Å². The lowest BCUT2D eigenvalue weighted by Crippen LogP contribution is -2.30. The van der Waals surface area contributed by atoms with E-state index in [1.807, 2.05) is 26.0 Å². The van der Waals surface area contributed by atoms with Crippen LogP contribution in [-0.2, 0) is 16.4 Å². The van der Waals surface area contributed by atoms with Crippen molar-refractivity contribution in [1.82, 2.24) is 5.32 Å². The van der Waals surface area contributed by atoms with Crippen molar-refractivity contribution in [3.63, 3.8) is 0 Å². The lowest BCUT2D eigenvalue weighted by molar-refractivity contribution is 0.0941. The summed E-state index contributed by atoms with van der Waals surface area (Å²) in [4.78, 5) is 25.3. The lowest BCUT2D eigenvalue weighted by Gasteiger charge is -2.20. The Morgan fingerprint density at radius 3 is 2.44 bits per heavy atom. The average molecular weight is 498 g/mol. The molecule has 1 aliphatic heterocycles. The molecule has 9 heteroatoms. The van der Waals surface area contributed by atoms with Gasteiger partial charge in [0.15, 0.2) is 0 Å². The van der Waals surface area contributed by atoms with Gasteiger partial charge in [0, 0.05) is 23.7 Å². The number of nitrogens with one attached hydrogen (secondary N) is 2. The number of halogens is 1. The minimum Gasteiger partial charge on any atom is -0.350 e. The zero-order valence-electron chi connectivity index (χ0n) is 18.7. The molecule has 0 aliphatic carbocycles. The maximum atomic E-state index is 13.3. The highest BCUT2D eigenvalue weighted by Gasteiger charge is 2.31. The van der Waals surface area contributed by atoms with E-state index >= 15 is 0 Å². The molecule has 0 aromatic heterocycles. The summed E-state index contributed by atoms with van der Waals surface area (Å²) in [7, 11) is -3.84. The predicted octanol–water partition coefficient (Wildman–Crippen LogP) is 4.48. The first kappa shape index (κ1) is 23.8. The summed E-state index contributed by atoms with van der Waals surface area (Å²) >= 11 is 6.23. The van der Waals surface area contributed by atoms with E-state index in [4.69, 9.17) is 11.6 Å². The molecule has 4 rings (SSSR count). The highest BCUT2D eigenvalue weighted by atomic mass is 35.5. The van der Waals surface area contributed by atoms with Crippen LogP contribution in [0.25, 0.3) is 0 Å². The van der Waals surface area contributed by atoms with Gasteiger partial charge in [0.25, 0.3) is 21.8 Å². The number of anilines is 2. The summed E-state index contributed by atoms with van der Waals surface area (Å²) in [6.07, 6.45) is 0.634. The molecule has 0 saturated carbocycles. The summed E-state index contributed by atoms with van der Waals surface area (Å²) in [5.74, 6) is -0.830. The van der Waals surface area contributed by atoms with Gasteiger partial charge in [-0.1, -0.05) is 35.9 Å². The lowest BCUT2D eigenvalue weighted by atomic mass is 10.1. The van der Waals surface area contributed by atoms with E-state index in [2.05, 4.69) is 10.6 Å². The number of amides is 2. The Kier molecular flexibility index (Phi) is 6.63. The monoisotopic (exact) mass is 497 g/mol. The molecule has 3 aromatic rings. The summed E-state index contributed by atoms with van der Waals surface area (Å²) in [5, 5.41) is 5.72. The van der Waals surface area contributed by atoms with Gasteiger partial charge < -0.3 is 10.6 Å². The van der Waals surface area contributed by atoms with Gasteiger partial charge >= 0.3 is 0 Å². The van der Waals surface area contributed by atoms with Crippen molar-refractivity contribution in [1.29, 1.82) is 0 Å². The maximum absolute atomic E-state index is 13.3. The number of sulfonamides is 1. The minimum absolute atomic E-state index is 0.0213. The van der Waals surface area contributed by atoms with E-state index < -0.39 is 15.9 Å². The molecule has 34 heavy (non-hydrogen) atoms. The number of carbonyl (C=O) groups is 2. The molecule has 2 N–H and O–H groups in total. The molecule has 0 unspecified atom stereocenters. The fourth-order valence-corrected chi connectivity index (χ4v) is 5.50. The minimum atomic E-state index is -3.84. The molecule has 2 amide bonds. The number of benzene rings is 3. The Hall–Kier alpha value is -3.36. The largest absolute Gasteiger partial charge is 0.350 e. The predicted molar refractivity (Wildman–Crippen MR) is 133 cm³/mol. The van der Waals surface area contributed by atoms with Crippen molar-refractivity contribution >= 4 is 44.8 Å². The molecular formula is C25H24ClN3O4S. The topological polar surface area (TPSA) is 95.6 Å². The van der Waals surface area contributed by atoms with Gasteiger partial charge in [-0.25, -0.2) is 8.42 Å². The highest BCUT2D eigenvalue weighted by Crippen LogP contribution is 2.33. The summed E-state index contributed by atoms with van der Waals surface area (Å²) in [6.45, 7) is 4.04. The quantitative estimate of drug-likeness (QED) is 0.524. The Morgan fingerprint density at radius 2 is 1.68 bits per heavy atom. The van der Waals surface area contributed by atoms with E-state index in [0.717, 1.165) is 5.56 Å². The van der Waals surface area contributed by atoms with Gasteiger partial charge in [-0.05, 0) is 68.3 Å². The number of rotatable bonds is 6. The standard InChI is InChI=1S/C25H24ClN3O4S/c1-16(2)27-24(30)19-10-11-21(26)22(15-19)28-25(31)18-7-5-8-20(14-18)34(32,33)29-13-12-17-6-3-4-9-23(17)29/h3-11,14-16H,12-13H2,1-2H3,(H,27,30)(H,28,31). The van der Waals surface area contributed by atoms with Gasteiger partial charge in [-0.15, -0.1) is 0 Å². The van der Waals surface area contributed by atoms with Crippen molar-refractivity contribution in [2.24, 2.45) is 0 Å². The Bertz CT molecular complexity index is 1370. The van der Waals surface area contributed by atoms with E-state index in [0.29, 0.717) is 24.2 Å². The molecule has 0 saturated heterocycles. The molecule has 0 spiro atoms. The van der Waals surface area contributed by atoms with Crippen molar-refractivity contribution in [2.75, 3.05) is 16.2 Å². The molecule has 7 nitrogen and oxygen atoms in total. The Balaban J connectivity index is 1.58. The zero-order chi connectivity index (χ0) is 24.5. The van der Waals surface area contributed by atoms with Crippen molar-refractivity contribution in [3.05, 3.63) is 88.4 Å². The number of hydrogen-bond donors (Lipinski definition) is 2. The average Bonchev–Trinajstić information content (AvgIpc) is 3.25. The van der Waals surface area contributed by atoms with Crippen molar-refractivity contribution in [2.45, 2.75) is 31.2 Å². The number of nitrogens with zero attached hydrogens (tertiary/aromatic N) is 1. The van der Waals surface area contributed by atoms with Gasteiger partial charge in [0.1, 0.15) is 0 Å². The van der Waals surface area contributed by atoms with Crippen molar-refractivity contribution in [3.8, 4) is 0 Å². The third-order valence-electron chi connectivity index (χ3n) is 5.43. The molecule has 176 valence electrons. The Labute approximate surface area is 203 Å². The van der Waals surface area contributed by atoms with Crippen LogP contribution < -0.4 is 14.9 Å². The van der Waals surface area contributed by atoms with Gasteiger partial charge in [-0.3, -0.25) is 13.9 Å². The fourth-order valence-electron chi connectivity index (χ4n) is 3.78. The van der Waals surface area contributed by atoms with E-state index in [1.165, 1.54) is 40.7 Å². The Morgan fingerprint density at radius 1 is 0.941 bits per heavy atom. The third kappa shape index (κ3) is 4.78. The number of para-hydroxylation sites is 1. The van der Waals surface area contributed by atoms with Gasteiger partial charge in [-0.2, -0.15) is 0 Å².